The number of piperidine rings is 2. The molecule has 2 aliphatic rings. The smallest absolute Gasteiger partial charge is 0.239 e. The van der Waals surface area contributed by atoms with Gasteiger partial charge in [-0.3, -0.25) is 4.79 Å². The van der Waals surface area contributed by atoms with E-state index in [0.29, 0.717) is 0 Å². The number of halogens is 2. The van der Waals surface area contributed by atoms with E-state index >= 15 is 0 Å². The lowest BCUT2D eigenvalue weighted by Gasteiger charge is -2.40. The van der Waals surface area contributed by atoms with Crippen LogP contribution < -0.4 is 5.73 Å². The molecular weight excluding hydrogens is 321 g/mol. The Labute approximate surface area is 148 Å². The normalized spacial score (nSPS) is 22.9. The van der Waals surface area contributed by atoms with Gasteiger partial charge in [0.2, 0.25) is 5.91 Å². The van der Waals surface area contributed by atoms with Crippen LogP contribution in [-0.4, -0.2) is 55.0 Å². The highest BCUT2D eigenvalue weighted by Gasteiger charge is 2.32. The second kappa shape index (κ2) is 9.96. The Balaban J connectivity index is 0.00000220. The lowest BCUT2D eigenvalue weighted by atomic mass is 9.79. The molecule has 0 aromatic carbocycles. The highest BCUT2D eigenvalue weighted by atomic mass is 35.5. The molecule has 0 radical (unpaired) electrons. The third kappa shape index (κ3) is 5.55. The summed E-state index contributed by atoms with van der Waals surface area (Å²) >= 11 is 0. The quantitative estimate of drug-likeness (QED) is 0.847. The third-order valence-corrected chi connectivity index (χ3v) is 5.28. The summed E-state index contributed by atoms with van der Waals surface area (Å²) in [5.41, 5.74) is 5.99. The zero-order valence-corrected chi connectivity index (χ0v) is 15.8. The number of nitrogens with two attached hydrogens (primary N) is 1. The number of amides is 1. The van der Waals surface area contributed by atoms with Gasteiger partial charge in [-0.25, -0.2) is 0 Å². The molecule has 0 bridgehead atoms. The first-order chi connectivity index (χ1) is 9.49. The summed E-state index contributed by atoms with van der Waals surface area (Å²) in [5, 5.41) is 0. The van der Waals surface area contributed by atoms with Crippen molar-refractivity contribution in [3.63, 3.8) is 0 Å². The fraction of sp³-hybridized carbons (Fsp3) is 0.938. The maximum Gasteiger partial charge on any atom is 0.239 e. The molecule has 0 saturated carbocycles. The Morgan fingerprint density at radius 2 is 1.36 bits per heavy atom. The molecule has 0 spiro atoms. The molecule has 0 aliphatic carbocycles. The molecule has 0 unspecified atom stereocenters. The maximum atomic E-state index is 12.3. The predicted octanol–water partition coefficient (Wildman–Crippen LogP) is 2.39. The van der Waals surface area contributed by atoms with Gasteiger partial charge in [-0.05, 0) is 63.6 Å². The molecule has 0 aromatic heterocycles. The Kier molecular flexibility index (Phi) is 9.95. The minimum absolute atomic E-state index is 0. The van der Waals surface area contributed by atoms with Crippen LogP contribution >= 0.6 is 24.8 Å². The first-order valence-electron chi connectivity index (χ1n) is 8.22. The summed E-state index contributed by atoms with van der Waals surface area (Å²) in [6.07, 6.45) is 5.01. The summed E-state index contributed by atoms with van der Waals surface area (Å²) in [7, 11) is 2.21. The number of carbonyl (C=O) groups is 1. The number of likely N-dealkylation sites (tertiary alicyclic amines) is 2. The average Bonchev–Trinajstić information content (AvgIpc) is 2.46. The van der Waals surface area contributed by atoms with Crippen LogP contribution in [0.25, 0.3) is 0 Å². The monoisotopic (exact) mass is 353 g/mol. The van der Waals surface area contributed by atoms with Gasteiger partial charge < -0.3 is 15.5 Å². The van der Waals surface area contributed by atoms with Crippen LogP contribution in [0.2, 0.25) is 0 Å². The minimum atomic E-state index is -0.324. The fourth-order valence-corrected chi connectivity index (χ4v) is 3.59. The van der Waals surface area contributed by atoms with Gasteiger partial charge in [0, 0.05) is 13.1 Å². The molecule has 132 valence electrons. The van der Waals surface area contributed by atoms with Gasteiger partial charge in [0.15, 0.2) is 0 Å². The van der Waals surface area contributed by atoms with Crippen LogP contribution in [-0.2, 0) is 4.79 Å². The lowest BCUT2D eigenvalue weighted by molar-refractivity contribution is -0.135. The first-order valence-corrected chi connectivity index (χ1v) is 8.22. The highest BCUT2D eigenvalue weighted by molar-refractivity contribution is 5.85. The van der Waals surface area contributed by atoms with Gasteiger partial charge in [0.05, 0.1) is 6.04 Å². The Morgan fingerprint density at radius 1 is 0.955 bits per heavy atom. The van der Waals surface area contributed by atoms with Gasteiger partial charge in [-0.2, -0.15) is 0 Å². The summed E-state index contributed by atoms with van der Waals surface area (Å²) in [6.45, 7) is 8.35. The summed E-state index contributed by atoms with van der Waals surface area (Å²) in [6, 6.07) is -0.324. The van der Waals surface area contributed by atoms with E-state index in [0.717, 1.165) is 24.9 Å². The van der Waals surface area contributed by atoms with Crippen LogP contribution in [0.4, 0.5) is 0 Å². The molecule has 0 aromatic rings. The highest BCUT2D eigenvalue weighted by Crippen LogP contribution is 2.32. The van der Waals surface area contributed by atoms with Crippen LogP contribution in [0.1, 0.15) is 39.5 Å². The number of rotatable bonds is 3. The van der Waals surface area contributed by atoms with E-state index < -0.39 is 0 Å². The van der Waals surface area contributed by atoms with Gasteiger partial charge in [-0.1, -0.05) is 13.8 Å². The van der Waals surface area contributed by atoms with Crippen LogP contribution in [0.3, 0.4) is 0 Å². The maximum absolute atomic E-state index is 12.3. The molecule has 2 fully saturated rings. The molecule has 2 N–H and O–H groups in total. The van der Waals surface area contributed by atoms with Crippen molar-refractivity contribution in [2.45, 2.75) is 45.6 Å². The van der Waals surface area contributed by atoms with Crippen molar-refractivity contribution in [1.29, 1.82) is 0 Å². The molecule has 2 aliphatic heterocycles. The molecule has 1 atom stereocenters. The van der Waals surface area contributed by atoms with E-state index in [2.05, 4.69) is 11.9 Å². The first kappa shape index (κ1) is 22.0. The summed E-state index contributed by atoms with van der Waals surface area (Å²) in [4.78, 5) is 16.7. The summed E-state index contributed by atoms with van der Waals surface area (Å²) < 4.78 is 0. The third-order valence-electron chi connectivity index (χ3n) is 5.28. The number of hydrogen-bond donors (Lipinski definition) is 1. The Hall–Kier alpha value is -0.0300. The second-order valence-electron chi connectivity index (χ2n) is 7.07. The van der Waals surface area contributed by atoms with E-state index in [1.807, 2.05) is 18.7 Å². The van der Waals surface area contributed by atoms with Gasteiger partial charge >= 0.3 is 0 Å². The average molecular weight is 354 g/mol. The fourth-order valence-electron chi connectivity index (χ4n) is 3.59. The molecule has 2 rings (SSSR count). The topological polar surface area (TPSA) is 49.6 Å². The van der Waals surface area contributed by atoms with E-state index in [-0.39, 0.29) is 42.7 Å². The van der Waals surface area contributed by atoms with E-state index in [4.69, 9.17) is 5.73 Å². The van der Waals surface area contributed by atoms with Crippen molar-refractivity contribution in [1.82, 2.24) is 9.80 Å². The summed E-state index contributed by atoms with van der Waals surface area (Å²) in [5.74, 6) is 2.08. The van der Waals surface area contributed by atoms with Crippen LogP contribution in [0, 0.1) is 17.8 Å². The molecule has 22 heavy (non-hydrogen) atoms. The van der Waals surface area contributed by atoms with E-state index in [9.17, 15) is 4.79 Å². The second-order valence-corrected chi connectivity index (χ2v) is 7.07. The molecule has 1 amide bonds. The number of hydrogen-bond acceptors (Lipinski definition) is 3. The van der Waals surface area contributed by atoms with Crippen LogP contribution in [0.5, 0.6) is 0 Å². The van der Waals surface area contributed by atoms with Crippen LogP contribution in [0.15, 0.2) is 0 Å². The van der Waals surface area contributed by atoms with Crippen molar-refractivity contribution in [3.05, 3.63) is 0 Å². The molecule has 4 nitrogen and oxygen atoms in total. The lowest BCUT2D eigenvalue weighted by Crippen LogP contribution is -2.50. The van der Waals surface area contributed by atoms with Crippen molar-refractivity contribution in [2.24, 2.45) is 23.5 Å². The number of nitrogens with zero attached hydrogens (tertiary/aromatic N) is 2. The van der Waals surface area contributed by atoms with Gasteiger partial charge in [0.1, 0.15) is 0 Å². The Bertz CT molecular complexity index is 325. The SMILES string of the molecule is CC(C)[C@H](N)C(=O)N1CCC(C2CCN(C)CC2)CC1.Cl.Cl. The standard InChI is InChI=1S/C16H31N3O.2ClH/c1-12(2)15(17)16(20)19-10-6-14(7-11-19)13-4-8-18(3)9-5-13;;/h12-15H,4-11,17H2,1-3H3;2*1H/t15-;;/m0../s1. The zero-order chi connectivity index (χ0) is 14.7. The molecular formula is C16H33Cl2N3O. The molecule has 2 saturated heterocycles. The molecule has 2 heterocycles. The van der Waals surface area contributed by atoms with E-state index in [1.54, 1.807) is 0 Å². The Morgan fingerprint density at radius 3 is 1.77 bits per heavy atom. The molecule has 6 heteroatoms. The zero-order valence-electron chi connectivity index (χ0n) is 14.2. The van der Waals surface area contributed by atoms with E-state index in [1.165, 1.54) is 38.8 Å². The minimum Gasteiger partial charge on any atom is -0.341 e. The van der Waals surface area contributed by atoms with Gasteiger partial charge in [0.25, 0.3) is 0 Å². The van der Waals surface area contributed by atoms with Crippen molar-refractivity contribution < 1.29 is 4.79 Å². The van der Waals surface area contributed by atoms with Crippen molar-refractivity contribution in [3.8, 4) is 0 Å². The largest absolute Gasteiger partial charge is 0.341 e. The van der Waals surface area contributed by atoms with Crippen molar-refractivity contribution in [2.75, 3.05) is 33.2 Å². The van der Waals surface area contributed by atoms with Gasteiger partial charge in [-0.15, -0.1) is 24.8 Å². The predicted molar refractivity (Wildman–Crippen MR) is 96.8 cm³/mol. The number of carbonyl (C=O) groups excluding carboxylic acids is 1. The van der Waals surface area contributed by atoms with Crippen molar-refractivity contribution >= 4 is 30.7 Å².